The average molecular weight is 227 g/mol. The van der Waals surface area contributed by atoms with Gasteiger partial charge in [-0.1, -0.05) is 30.3 Å². The van der Waals surface area contributed by atoms with Crippen molar-refractivity contribution in [2.24, 2.45) is 10.2 Å². The molecule has 0 bridgehead atoms. The van der Waals surface area contributed by atoms with Gasteiger partial charge in [-0.25, -0.2) is 4.73 Å². The second-order valence-electron chi connectivity index (χ2n) is 3.59. The van der Waals surface area contributed by atoms with Gasteiger partial charge in [0.25, 0.3) is 0 Å². The van der Waals surface area contributed by atoms with Gasteiger partial charge < -0.3 is 5.21 Å². The van der Waals surface area contributed by atoms with E-state index < -0.39 is 0 Å². The lowest BCUT2D eigenvalue weighted by atomic mass is 10.1. The first-order valence-electron chi connectivity index (χ1n) is 5.27. The molecule has 1 heterocycles. The van der Waals surface area contributed by atoms with Crippen molar-refractivity contribution in [3.63, 3.8) is 0 Å². The van der Waals surface area contributed by atoms with Crippen LogP contribution in [0.3, 0.4) is 0 Å². The molecule has 0 aliphatic heterocycles. The van der Waals surface area contributed by atoms with Crippen LogP contribution in [0, 0.1) is 0 Å². The molecule has 86 valence electrons. The molecular formula is C13H13N3O. The molecule has 1 aromatic carbocycles. The SMILES string of the molecule is C/C(=N\N=c1ccn(O)cc1)c1ccccc1. The summed E-state index contributed by atoms with van der Waals surface area (Å²) in [7, 11) is 0. The maximum Gasteiger partial charge on any atom is 0.0888 e. The minimum atomic E-state index is 0.700. The predicted molar refractivity (Wildman–Crippen MR) is 65.8 cm³/mol. The van der Waals surface area contributed by atoms with E-state index in [-0.39, 0.29) is 0 Å². The summed E-state index contributed by atoms with van der Waals surface area (Å²) in [4.78, 5) is 0. The average Bonchev–Trinajstić information content (AvgIpc) is 2.39. The van der Waals surface area contributed by atoms with Crippen LogP contribution in [0.4, 0.5) is 0 Å². The number of hydrogen-bond donors (Lipinski definition) is 1. The van der Waals surface area contributed by atoms with Gasteiger partial charge in [0.1, 0.15) is 0 Å². The zero-order valence-electron chi connectivity index (χ0n) is 9.49. The molecule has 0 saturated heterocycles. The van der Waals surface area contributed by atoms with Crippen molar-refractivity contribution in [3.8, 4) is 0 Å². The van der Waals surface area contributed by atoms with Gasteiger partial charge in [0, 0.05) is 12.4 Å². The Morgan fingerprint density at radius 3 is 2.35 bits per heavy atom. The predicted octanol–water partition coefficient (Wildman–Crippen LogP) is 2.05. The molecule has 2 rings (SSSR count). The molecule has 17 heavy (non-hydrogen) atoms. The molecule has 0 unspecified atom stereocenters. The lowest BCUT2D eigenvalue weighted by Gasteiger charge is -1.96. The third kappa shape index (κ3) is 3.04. The van der Waals surface area contributed by atoms with E-state index in [9.17, 15) is 0 Å². The fourth-order valence-corrected chi connectivity index (χ4v) is 1.35. The van der Waals surface area contributed by atoms with Crippen molar-refractivity contribution >= 4 is 5.71 Å². The Kier molecular flexibility index (Phi) is 3.35. The molecule has 0 spiro atoms. The summed E-state index contributed by atoms with van der Waals surface area (Å²) in [6.45, 7) is 1.91. The zero-order chi connectivity index (χ0) is 12.1. The first-order chi connectivity index (χ1) is 8.25. The number of aromatic nitrogens is 1. The highest BCUT2D eigenvalue weighted by Crippen LogP contribution is 2.00. The molecule has 0 atom stereocenters. The summed E-state index contributed by atoms with van der Waals surface area (Å²) in [5, 5.41) is 18.0. The molecule has 0 saturated carbocycles. The van der Waals surface area contributed by atoms with E-state index in [2.05, 4.69) is 10.2 Å². The normalized spacial score (nSPS) is 11.2. The van der Waals surface area contributed by atoms with Crippen LogP contribution in [0.25, 0.3) is 0 Å². The maximum absolute atomic E-state index is 9.05. The van der Waals surface area contributed by atoms with Crippen molar-refractivity contribution in [1.29, 1.82) is 0 Å². The molecule has 0 aliphatic carbocycles. The Balaban J connectivity index is 2.26. The standard InChI is InChI=1S/C13H13N3O/c1-11(12-5-3-2-4-6-12)14-15-13-7-9-16(17)10-8-13/h2-10,17H,1H3/b14-11+. The van der Waals surface area contributed by atoms with Crippen LogP contribution < -0.4 is 5.36 Å². The quantitative estimate of drug-likeness (QED) is 0.476. The third-order valence-electron chi connectivity index (χ3n) is 2.30. The van der Waals surface area contributed by atoms with Crippen LogP contribution in [0.1, 0.15) is 12.5 Å². The van der Waals surface area contributed by atoms with Crippen molar-refractivity contribution < 1.29 is 5.21 Å². The van der Waals surface area contributed by atoms with E-state index in [1.165, 1.54) is 12.4 Å². The summed E-state index contributed by atoms with van der Waals surface area (Å²) in [5.41, 5.74) is 1.90. The van der Waals surface area contributed by atoms with Crippen LogP contribution in [-0.2, 0) is 0 Å². The molecule has 1 N–H and O–H groups in total. The van der Waals surface area contributed by atoms with Crippen molar-refractivity contribution in [2.45, 2.75) is 6.92 Å². The summed E-state index contributed by atoms with van der Waals surface area (Å²) in [5.74, 6) is 0. The monoisotopic (exact) mass is 227 g/mol. The van der Waals surface area contributed by atoms with Crippen LogP contribution >= 0.6 is 0 Å². The molecule has 4 nitrogen and oxygen atoms in total. The summed E-state index contributed by atoms with van der Waals surface area (Å²) >= 11 is 0. The molecule has 1 aromatic heterocycles. The molecule has 0 fully saturated rings. The topological polar surface area (TPSA) is 49.9 Å². The van der Waals surface area contributed by atoms with E-state index in [1.54, 1.807) is 12.1 Å². The Bertz CT molecular complexity index is 565. The smallest absolute Gasteiger partial charge is 0.0888 e. The first kappa shape index (κ1) is 11.1. The van der Waals surface area contributed by atoms with Gasteiger partial charge in [0.2, 0.25) is 0 Å². The van der Waals surface area contributed by atoms with Crippen LogP contribution in [-0.4, -0.2) is 15.6 Å². The summed E-state index contributed by atoms with van der Waals surface area (Å²) < 4.78 is 0.965. The summed E-state index contributed by atoms with van der Waals surface area (Å²) in [6.07, 6.45) is 3.01. The number of rotatable bonds is 2. The van der Waals surface area contributed by atoms with E-state index in [1.807, 2.05) is 37.3 Å². The third-order valence-corrected chi connectivity index (χ3v) is 2.30. The highest BCUT2D eigenvalue weighted by atomic mass is 16.5. The molecule has 0 aliphatic rings. The Labute approximate surface area is 99.2 Å². The second kappa shape index (κ2) is 5.12. The molecule has 0 radical (unpaired) electrons. The van der Waals surface area contributed by atoms with Gasteiger partial charge in [0.15, 0.2) is 0 Å². The van der Waals surface area contributed by atoms with Gasteiger partial charge in [-0.2, -0.15) is 10.2 Å². The van der Waals surface area contributed by atoms with Crippen LogP contribution in [0.2, 0.25) is 0 Å². The van der Waals surface area contributed by atoms with Crippen molar-refractivity contribution in [2.75, 3.05) is 0 Å². The molecular weight excluding hydrogens is 214 g/mol. The molecule has 4 heteroatoms. The van der Waals surface area contributed by atoms with E-state index in [0.717, 1.165) is 16.0 Å². The number of nitrogens with zero attached hydrogens (tertiary/aromatic N) is 3. The van der Waals surface area contributed by atoms with Crippen LogP contribution in [0.15, 0.2) is 65.1 Å². The fourth-order valence-electron chi connectivity index (χ4n) is 1.35. The highest BCUT2D eigenvalue weighted by Gasteiger charge is 1.93. The molecule has 2 aromatic rings. The Morgan fingerprint density at radius 1 is 1.06 bits per heavy atom. The van der Waals surface area contributed by atoms with Gasteiger partial charge in [-0.15, -0.1) is 0 Å². The minimum Gasteiger partial charge on any atom is -0.429 e. The van der Waals surface area contributed by atoms with Crippen molar-refractivity contribution in [3.05, 3.63) is 65.8 Å². The van der Waals surface area contributed by atoms with Gasteiger partial charge in [-0.3, -0.25) is 0 Å². The second-order valence-corrected chi connectivity index (χ2v) is 3.59. The Hall–Kier alpha value is -2.36. The first-order valence-corrected chi connectivity index (χ1v) is 5.27. The Morgan fingerprint density at radius 2 is 1.71 bits per heavy atom. The minimum absolute atomic E-state index is 0.700. The fraction of sp³-hybridized carbons (Fsp3) is 0.0769. The lowest BCUT2D eigenvalue weighted by Crippen LogP contribution is -2.03. The number of hydrogen-bond acceptors (Lipinski definition) is 3. The van der Waals surface area contributed by atoms with Gasteiger partial charge in [-0.05, 0) is 24.6 Å². The van der Waals surface area contributed by atoms with Crippen molar-refractivity contribution in [1.82, 2.24) is 4.73 Å². The van der Waals surface area contributed by atoms with Crippen LogP contribution in [0.5, 0.6) is 0 Å². The van der Waals surface area contributed by atoms with Gasteiger partial charge in [0.05, 0.1) is 11.1 Å². The van der Waals surface area contributed by atoms with E-state index >= 15 is 0 Å². The maximum atomic E-state index is 9.05. The van der Waals surface area contributed by atoms with Gasteiger partial charge >= 0.3 is 0 Å². The zero-order valence-corrected chi connectivity index (χ0v) is 9.49. The largest absolute Gasteiger partial charge is 0.429 e. The number of benzene rings is 1. The van der Waals surface area contributed by atoms with E-state index in [0.29, 0.717) is 5.36 Å². The molecule has 0 amide bonds. The summed E-state index contributed by atoms with van der Waals surface area (Å²) in [6, 6.07) is 13.2. The lowest BCUT2D eigenvalue weighted by molar-refractivity contribution is 0.184. The van der Waals surface area contributed by atoms with E-state index in [4.69, 9.17) is 5.21 Å². The number of pyridine rings is 1. The highest BCUT2D eigenvalue weighted by molar-refractivity contribution is 5.98.